The first-order valence-electron chi connectivity index (χ1n) is 6.61. The molecule has 1 aromatic carbocycles. The highest BCUT2D eigenvalue weighted by atomic mass is 32.2. The van der Waals surface area contributed by atoms with Gasteiger partial charge >= 0.3 is 0 Å². The molecule has 0 amide bonds. The minimum atomic E-state index is 0.547. The molecule has 2 rings (SSSR count). The Hall–Kier alpha value is -0.470. The lowest BCUT2D eigenvalue weighted by atomic mass is 9.90. The van der Waals surface area contributed by atoms with Crippen LogP contribution < -0.4 is 5.32 Å². The van der Waals surface area contributed by atoms with Crippen LogP contribution in [0.4, 0.5) is 0 Å². The van der Waals surface area contributed by atoms with E-state index in [1.54, 1.807) is 5.56 Å². The molecule has 1 nitrogen and oxygen atoms in total. The van der Waals surface area contributed by atoms with Crippen molar-refractivity contribution in [3.63, 3.8) is 0 Å². The summed E-state index contributed by atoms with van der Waals surface area (Å²) >= 11 is 2.03. The van der Waals surface area contributed by atoms with Gasteiger partial charge in [-0.1, -0.05) is 26.0 Å². The van der Waals surface area contributed by atoms with Crippen LogP contribution in [0.15, 0.2) is 17.0 Å². The summed E-state index contributed by atoms with van der Waals surface area (Å²) in [5.74, 6) is 1.96. The molecule has 1 N–H and O–H groups in total. The van der Waals surface area contributed by atoms with Gasteiger partial charge in [-0.3, -0.25) is 0 Å². The molecule has 0 saturated heterocycles. The van der Waals surface area contributed by atoms with Crippen LogP contribution >= 0.6 is 11.8 Å². The van der Waals surface area contributed by atoms with E-state index in [1.165, 1.54) is 28.2 Å². The standard InChI is InChI=1S/C15H23NS/c1-5-8-16-14-12(4)9-17-15-11(3)7-6-10(2)13(14)15/h6-7,12,14,16H,5,8-9H2,1-4H3. The number of nitrogens with one attached hydrogen (secondary N) is 1. The predicted molar refractivity (Wildman–Crippen MR) is 76.8 cm³/mol. The Labute approximate surface area is 109 Å². The average Bonchev–Trinajstić information content (AvgIpc) is 2.32. The van der Waals surface area contributed by atoms with Gasteiger partial charge in [0.25, 0.3) is 0 Å². The van der Waals surface area contributed by atoms with Crippen LogP contribution in [0, 0.1) is 19.8 Å². The van der Waals surface area contributed by atoms with E-state index >= 15 is 0 Å². The van der Waals surface area contributed by atoms with E-state index in [1.807, 2.05) is 11.8 Å². The zero-order chi connectivity index (χ0) is 12.4. The molecule has 1 aromatic rings. The number of hydrogen-bond donors (Lipinski definition) is 1. The molecule has 0 aliphatic carbocycles. The average molecular weight is 249 g/mol. The number of fused-ring (bicyclic) bond motifs is 1. The molecule has 2 unspecified atom stereocenters. The van der Waals surface area contributed by atoms with E-state index in [4.69, 9.17) is 0 Å². The maximum Gasteiger partial charge on any atom is 0.0367 e. The van der Waals surface area contributed by atoms with E-state index in [2.05, 4.69) is 45.1 Å². The summed E-state index contributed by atoms with van der Waals surface area (Å²) in [6.07, 6.45) is 1.20. The molecule has 1 aliphatic heterocycles. The fourth-order valence-electron chi connectivity index (χ4n) is 2.58. The zero-order valence-corrected chi connectivity index (χ0v) is 12.2. The molecular formula is C15H23NS. The minimum absolute atomic E-state index is 0.547. The molecule has 1 aliphatic rings. The van der Waals surface area contributed by atoms with Crippen molar-refractivity contribution >= 4 is 11.8 Å². The topological polar surface area (TPSA) is 12.0 Å². The van der Waals surface area contributed by atoms with Crippen molar-refractivity contribution in [2.24, 2.45) is 5.92 Å². The van der Waals surface area contributed by atoms with Crippen LogP contribution in [0.1, 0.15) is 43.0 Å². The zero-order valence-electron chi connectivity index (χ0n) is 11.3. The van der Waals surface area contributed by atoms with Gasteiger partial charge in [0.2, 0.25) is 0 Å². The molecule has 94 valence electrons. The second-order valence-electron chi connectivity index (χ2n) is 5.16. The van der Waals surface area contributed by atoms with E-state index in [0.29, 0.717) is 6.04 Å². The first kappa shape index (κ1) is 13.0. The SMILES string of the molecule is CCCNC1c2c(C)ccc(C)c2SCC1C. The van der Waals surface area contributed by atoms with Crippen molar-refractivity contribution < 1.29 is 0 Å². The van der Waals surface area contributed by atoms with Gasteiger partial charge in [0.15, 0.2) is 0 Å². The van der Waals surface area contributed by atoms with Gasteiger partial charge in [-0.05, 0) is 49.4 Å². The first-order valence-corrected chi connectivity index (χ1v) is 7.60. The third-order valence-corrected chi connectivity index (χ3v) is 5.12. The van der Waals surface area contributed by atoms with Gasteiger partial charge in [0.1, 0.15) is 0 Å². The van der Waals surface area contributed by atoms with Crippen LogP contribution in [0.2, 0.25) is 0 Å². The molecule has 2 heteroatoms. The molecule has 0 aromatic heterocycles. The Morgan fingerprint density at radius 3 is 2.71 bits per heavy atom. The van der Waals surface area contributed by atoms with Crippen molar-refractivity contribution in [1.82, 2.24) is 5.32 Å². The highest BCUT2D eigenvalue weighted by Crippen LogP contribution is 2.42. The number of hydrogen-bond acceptors (Lipinski definition) is 2. The number of aryl methyl sites for hydroxylation is 2. The van der Waals surface area contributed by atoms with Crippen molar-refractivity contribution in [3.05, 3.63) is 28.8 Å². The van der Waals surface area contributed by atoms with Crippen molar-refractivity contribution in [1.29, 1.82) is 0 Å². The molecule has 0 spiro atoms. The van der Waals surface area contributed by atoms with Crippen LogP contribution in [-0.2, 0) is 0 Å². The maximum absolute atomic E-state index is 3.73. The molecule has 0 bridgehead atoms. The Bertz CT molecular complexity index is 400. The molecular weight excluding hydrogens is 226 g/mol. The maximum atomic E-state index is 3.73. The quantitative estimate of drug-likeness (QED) is 0.866. The smallest absolute Gasteiger partial charge is 0.0367 e. The van der Waals surface area contributed by atoms with Gasteiger partial charge in [0, 0.05) is 16.7 Å². The highest BCUT2D eigenvalue weighted by molar-refractivity contribution is 7.99. The molecule has 17 heavy (non-hydrogen) atoms. The Morgan fingerprint density at radius 1 is 1.29 bits per heavy atom. The molecule has 0 fully saturated rings. The van der Waals surface area contributed by atoms with E-state index in [-0.39, 0.29) is 0 Å². The summed E-state index contributed by atoms with van der Waals surface area (Å²) in [6.45, 7) is 10.2. The number of thioether (sulfide) groups is 1. The largest absolute Gasteiger partial charge is 0.310 e. The molecule has 1 heterocycles. The predicted octanol–water partition coefficient (Wildman–Crippen LogP) is 4.09. The highest BCUT2D eigenvalue weighted by Gasteiger charge is 2.28. The van der Waals surface area contributed by atoms with E-state index in [9.17, 15) is 0 Å². The van der Waals surface area contributed by atoms with Gasteiger partial charge in [-0.2, -0.15) is 0 Å². The van der Waals surface area contributed by atoms with Crippen molar-refractivity contribution in [2.45, 2.75) is 45.1 Å². The van der Waals surface area contributed by atoms with Crippen LogP contribution in [0.25, 0.3) is 0 Å². The second kappa shape index (κ2) is 5.45. The summed E-state index contributed by atoms with van der Waals surface area (Å²) < 4.78 is 0. The van der Waals surface area contributed by atoms with Gasteiger partial charge in [-0.25, -0.2) is 0 Å². The fraction of sp³-hybridized carbons (Fsp3) is 0.600. The summed E-state index contributed by atoms with van der Waals surface area (Å²) in [6, 6.07) is 5.08. The van der Waals surface area contributed by atoms with Gasteiger partial charge in [-0.15, -0.1) is 11.8 Å². The van der Waals surface area contributed by atoms with E-state index in [0.717, 1.165) is 12.5 Å². The number of rotatable bonds is 3. The van der Waals surface area contributed by atoms with E-state index < -0.39 is 0 Å². The molecule has 0 radical (unpaired) electrons. The lowest BCUT2D eigenvalue weighted by Gasteiger charge is -2.34. The van der Waals surface area contributed by atoms with Gasteiger partial charge in [0.05, 0.1) is 0 Å². The Kier molecular flexibility index (Phi) is 4.16. The minimum Gasteiger partial charge on any atom is -0.310 e. The summed E-state index contributed by atoms with van der Waals surface area (Å²) in [4.78, 5) is 1.52. The van der Waals surface area contributed by atoms with Gasteiger partial charge < -0.3 is 5.32 Å². The Balaban J connectivity index is 2.39. The second-order valence-corrected chi connectivity index (χ2v) is 6.19. The summed E-state index contributed by atoms with van der Waals surface area (Å²) in [5.41, 5.74) is 4.44. The fourth-order valence-corrected chi connectivity index (χ4v) is 3.94. The molecule has 2 atom stereocenters. The Morgan fingerprint density at radius 2 is 2.00 bits per heavy atom. The van der Waals surface area contributed by atoms with Crippen molar-refractivity contribution in [3.8, 4) is 0 Å². The third-order valence-electron chi connectivity index (χ3n) is 3.60. The lowest BCUT2D eigenvalue weighted by molar-refractivity contribution is 0.405. The lowest BCUT2D eigenvalue weighted by Crippen LogP contribution is -2.32. The number of benzene rings is 1. The molecule has 0 saturated carbocycles. The van der Waals surface area contributed by atoms with Crippen LogP contribution in [0.5, 0.6) is 0 Å². The third kappa shape index (κ3) is 2.53. The summed E-state index contributed by atoms with van der Waals surface area (Å²) in [7, 11) is 0. The summed E-state index contributed by atoms with van der Waals surface area (Å²) in [5, 5.41) is 3.73. The monoisotopic (exact) mass is 249 g/mol. The normalized spacial score (nSPS) is 23.5. The van der Waals surface area contributed by atoms with Crippen molar-refractivity contribution in [2.75, 3.05) is 12.3 Å². The van der Waals surface area contributed by atoms with Crippen LogP contribution in [0.3, 0.4) is 0 Å². The first-order chi connectivity index (χ1) is 8.15. The van der Waals surface area contributed by atoms with Crippen LogP contribution in [-0.4, -0.2) is 12.3 Å².